The van der Waals surface area contributed by atoms with Crippen molar-refractivity contribution in [1.82, 2.24) is 5.32 Å². The molecular formula is C24H30N4O2. The first-order chi connectivity index (χ1) is 14.5. The van der Waals surface area contributed by atoms with E-state index in [1.54, 1.807) is 6.07 Å². The van der Waals surface area contributed by atoms with Gasteiger partial charge in [-0.3, -0.25) is 4.79 Å². The number of rotatable bonds is 5. The lowest BCUT2D eigenvalue weighted by molar-refractivity contribution is 0.0951. The normalized spacial score (nSPS) is 16.8. The van der Waals surface area contributed by atoms with Crippen LogP contribution in [0.25, 0.3) is 0 Å². The first-order valence-corrected chi connectivity index (χ1v) is 10.8. The monoisotopic (exact) mass is 406 g/mol. The van der Waals surface area contributed by atoms with Gasteiger partial charge in [-0.2, -0.15) is 0 Å². The fourth-order valence-corrected chi connectivity index (χ4v) is 3.83. The van der Waals surface area contributed by atoms with Gasteiger partial charge >= 0.3 is 6.03 Å². The van der Waals surface area contributed by atoms with Gasteiger partial charge in [0, 0.05) is 36.2 Å². The fourth-order valence-electron chi connectivity index (χ4n) is 3.83. The lowest BCUT2D eigenvalue weighted by Crippen LogP contribution is -2.35. The third-order valence-corrected chi connectivity index (χ3v) is 5.81. The number of hydrogen-bond donors (Lipinski definition) is 3. The first kappa shape index (κ1) is 20.3. The zero-order valence-corrected chi connectivity index (χ0v) is 17.7. The summed E-state index contributed by atoms with van der Waals surface area (Å²) < 4.78 is 0. The number of nitrogens with one attached hydrogen (secondary N) is 3. The van der Waals surface area contributed by atoms with Crippen LogP contribution in [0.2, 0.25) is 0 Å². The summed E-state index contributed by atoms with van der Waals surface area (Å²) in [4.78, 5) is 27.7. The third-order valence-electron chi connectivity index (χ3n) is 5.81. The smallest absolute Gasteiger partial charge is 0.323 e. The van der Waals surface area contributed by atoms with Crippen molar-refractivity contribution >= 4 is 29.0 Å². The van der Waals surface area contributed by atoms with Gasteiger partial charge in [0.1, 0.15) is 0 Å². The van der Waals surface area contributed by atoms with E-state index in [4.69, 9.17) is 0 Å². The van der Waals surface area contributed by atoms with E-state index in [0.29, 0.717) is 11.3 Å². The second-order valence-corrected chi connectivity index (χ2v) is 8.60. The SMILES string of the molecule is Cc1cccc(NC(=O)Nc2ccc(N3CCC(C)CC3)c(C(=O)NC3CC3)c2)c1. The molecule has 0 atom stereocenters. The van der Waals surface area contributed by atoms with E-state index in [2.05, 4.69) is 27.8 Å². The van der Waals surface area contributed by atoms with Crippen LogP contribution in [0.5, 0.6) is 0 Å². The number of amides is 3. The Morgan fingerprint density at radius 2 is 1.63 bits per heavy atom. The van der Waals surface area contributed by atoms with Crippen molar-refractivity contribution in [3.8, 4) is 0 Å². The molecule has 0 aromatic heterocycles. The summed E-state index contributed by atoms with van der Waals surface area (Å²) in [5.74, 6) is 0.658. The van der Waals surface area contributed by atoms with Crippen LogP contribution in [0, 0.1) is 12.8 Å². The highest BCUT2D eigenvalue weighted by molar-refractivity contribution is 6.04. The van der Waals surface area contributed by atoms with Crippen LogP contribution >= 0.6 is 0 Å². The summed E-state index contributed by atoms with van der Waals surface area (Å²) >= 11 is 0. The standard InChI is InChI=1S/C24H30N4O2/c1-16-10-12-28(13-11-16)22-9-8-20(15-21(22)23(29)25-18-6-7-18)27-24(30)26-19-5-3-4-17(2)14-19/h3-5,8-9,14-16,18H,6-7,10-13H2,1-2H3,(H,25,29)(H2,26,27,30). The second kappa shape index (κ2) is 8.78. The highest BCUT2D eigenvalue weighted by Crippen LogP contribution is 2.30. The topological polar surface area (TPSA) is 73.5 Å². The molecule has 0 radical (unpaired) electrons. The Balaban J connectivity index is 1.51. The lowest BCUT2D eigenvalue weighted by Gasteiger charge is -2.33. The molecule has 1 heterocycles. The van der Waals surface area contributed by atoms with Crippen molar-refractivity contribution in [3.63, 3.8) is 0 Å². The minimum absolute atomic E-state index is 0.0612. The van der Waals surface area contributed by atoms with E-state index >= 15 is 0 Å². The van der Waals surface area contributed by atoms with Crippen LogP contribution in [0.4, 0.5) is 21.9 Å². The summed E-state index contributed by atoms with van der Waals surface area (Å²) in [6.45, 7) is 6.16. The molecule has 3 amide bonds. The minimum Gasteiger partial charge on any atom is -0.371 e. The van der Waals surface area contributed by atoms with Gasteiger partial charge in [0.2, 0.25) is 0 Å². The zero-order chi connectivity index (χ0) is 21.1. The molecule has 6 nitrogen and oxygen atoms in total. The van der Waals surface area contributed by atoms with Crippen LogP contribution in [-0.4, -0.2) is 31.1 Å². The number of anilines is 3. The zero-order valence-electron chi connectivity index (χ0n) is 17.7. The van der Waals surface area contributed by atoms with Gasteiger partial charge in [-0.1, -0.05) is 19.1 Å². The number of benzene rings is 2. The molecule has 1 saturated heterocycles. The maximum absolute atomic E-state index is 12.9. The van der Waals surface area contributed by atoms with Crippen LogP contribution < -0.4 is 20.9 Å². The molecule has 1 saturated carbocycles. The van der Waals surface area contributed by atoms with Gasteiger partial charge in [-0.15, -0.1) is 0 Å². The van der Waals surface area contributed by atoms with Crippen LogP contribution in [-0.2, 0) is 0 Å². The van der Waals surface area contributed by atoms with E-state index in [1.807, 2.05) is 43.3 Å². The van der Waals surface area contributed by atoms with Crippen LogP contribution in [0.1, 0.15) is 48.5 Å². The quantitative estimate of drug-likeness (QED) is 0.670. The highest BCUT2D eigenvalue weighted by Gasteiger charge is 2.27. The Hall–Kier alpha value is -3.02. The molecule has 3 N–H and O–H groups in total. The molecule has 1 aliphatic carbocycles. The van der Waals surface area contributed by atoms with Gasteiger partial charge in [0.15, 0.2) is 0 Å². The summed E-state index contributed by atoms with van der Waals surface area (Å²) in [5, 5.41) is 8.80. The van der Waals surface area contributed by atoms with Crippen molar-refractivity contribution in [2.75, 3.05) is 28.6 Å². The molecule has 1 aliphatic heterocycles. The molecular weight excluding hydrogens is 376 g/mol. The predicted octanol–water partition coefficient (Wildman–Crippen LogP) is 4.77. The Labute approximate surface area is 178 Å². The van der Waals surface area contributed by atoms with Gasteiger partial charge in [0.25, 0.3) is 5.91 Å². The molecule has 2 fully saturated rings. The van der Waals surface area contributed by atoms with Crippen molar-refractivity contribution in [2.24, 2.45) is 5.92 Å². The van der Waals surface area contributed by atoms with E-state index in [0.717, 1.165) is 61.6 Å². The van der Waals surface area contributed by atoms with Crippen molar-refractivity contribution in [1.29, 1.82) is 0 Å². The summed E-state index contributed by atoms with van der Waals surface area (Å²) in [6.07, 6.45) is 4.34. The van der Waals surface area contributed by atoms with Crippen molar-refractivity contribution in [2.45, 2.75) is 45.6 Å². The van der Waals surface area contributed by atoms with Crippen molar-refractivity contribution in [3.05, 3.63) is 53.6 Å². The number of aryl methyl sites for hydroxylation is 1. The highest BCUT2D eigenvalue weighted by atomic mass is 16.2. The maximum Gasteiger partial charge on any atom is 0.323 e. The average Bonchev–Trinajstić information content (AvgIpc) is 3.52. The molecule has 2 aliphatic rings. The number of nitrogens with zero attached hydrogens (tertiary/aromatic N) is 1. The Morgan fingerprint density at radius 3 is 2.30 bits per heavy atom. The maximum atomic E-state index is 12.9. The molecule has 30 heavy (non-hydrogen) atoms. The summed E-state index contributed by atoms with van der Waals surface area (Å²) in [6, 6.07) is 13.2. The molecule has 6 heteroatoms. The second-order valence-electron chi connectivity index (χ2n) is 8.60. The lowest BCUT2D eigenvalue weighted by atomic mass is 9.98. The molecule has 2 aromatic carbocycles. The van der Waals surface area contributed by atoms with Crippen LogP contribution in [0.15, 0.2) is 42.5 Å². The first-order valence-electron chi connectivity index (χ1n) is 10.8. The average molecular weight is 407 g/mol. The molecule has 0 spiro atoms. The van der Waals surface area contributed by atoms with Crippen LogP contribution in [0.3, 0.4) is 0 Å². The number of piperidine rings is 1. The Morgan fingerprint density at radius 1 is 0.933 bits per heavy atom. The molecule has 2 aromatic rings. The minimum atomic E-state index is -0.325. The van der Waals surface area contributed by atoms with Gasteiger partial charge in [-0.05, 0) is 74.4 Å². The third kappa shape index (κ3) is 5.12. The molecule has 158 valence electrons. The number of urea groups is 1. The molecule has 0 unspecified atom stereocenters. The van der Waals surface area contributed by atoms with E-state index in [1.165, 1.54) is 0 Å². The number of carbonyl (C=O) groups is 2. The number of hydrogen-bond acceptors (Lipinski definition) is 3. The van der Waals surface area contributed by atoms with Gasteiger partial charge in [0.05, 0.1) is 5.56 Å². The largest absolute Gasteiger partial charge is 0.371 e. The molecule has 0 bridgehead atoms. The van der Waals surface area contributed by atoms with E-state index in [-0.39, 0.29) is 18.0 Å². The number of carbonyl (C=O) groups excluding carboxylic acids is 2. The Kier molecular flexibility index (Phi) is 5.93. The predicted molar refractivity (Wildman–Crippen MR) is 121 cm³/mol. The fraction of sp³-hybridized carbons (Fsp3) is 0.417. The van der Waals surface area contributed by atoms with Crippen molar-refractivity contribution < 1.29 is 9.59 Å². The van der Waals surface area contributed by atoms with Gasteiger partial charge < -0.3 is 20.9 Å². The van der Waals surface area contributed by atoms with E-state index in [9.17, 15) is 9.59 Å². The Bertz CT molecular complexity index is 931. The van der Waals surface area contributed by atoms with Gasteiger partial charge in [-0.25, -0.2) is 4.79 Å². The summed E-state index contributed by atoms with van der Waals surface area (Å²) in [5.41, 5.74) is 4.00. The molecule has 4 rings (SSSR count). The summed E-state index contributed by atoms with van der Waals surface area (Å²) in [7, 11) is 0. The van der Waals surface area contributed by atoms with E-state index < -0.39 is 0 Å².